The molecule has 2 aromatic carbocycles. The van der Waals surface area contributed by atoms with Crippen LogP contribution in [0.1, 0.15) is 58.9 Å². The van der Waals surface area contributed by atoms with Crippen molar-refractivity contribution in [1.29, 1.82) is 0 Å². The zero-order valence-corrected chi connectivity index (χ0v) is 14.3. The Kier molecular flexibility index (Phi) is 4.04. The number of Topliss-reactive ketones (excluding diaryl/α,β-unsaturated/α-hetero) is 1. The number of hydrogen-bond donors (Lipinski definition) is 1. The average Bonchev–Trinajstić information content (AvgIpc) is 2.61. The standard InChI is InChI=1S/C21H22O3/c1-21(2,3)17-7-6-14-12-19(22)18-8-13(9-20(23)24)4-5-15(18)10-16(14)11-17/h4-8,11H,9-10,12H2,1-3H3,(H,23,24). The monoisotopic (exact) mass is 322 g/mol. The van der Waals surface area contributed by atoms with Gasteiger partial charge in [-0.2, -0.15) is 0 Å². The fraction of sp³-hybridized carbons (Fsp3) is 0.333. The Morgan fingerprint density at radius 2 is 1.71 bits per heavy atom. The Labute approximate surface area is 142 Å². The maximum Gasteiger partial charge on any atom is 0.307 e. The number of carbonyl (C=O) groups is 2. The van der Waals surface area contributed by atoms with E-state index in [0.717, 1.165) is 11.1 Å². The minimum absolute atomic E-state index is 0.0539. The van der Waals surface area contributed by atoms with Crippen molar-refractivity contribution < 1.29 is 14.7 Å². The first kappa shape index (κ1) is 16.4. The van der Waals surface area contributed by atoms with Crippen LogP contribution in [0.15, 0.2) is 36.4 Å². The molecule has 0 unspecified atom stereocenters. The smallest absolute Gasteiger partial charge is 0.307 e. The van der Waals surface area contributed by atoms with E-state index in [1.165, 1.54) is 11.1 Å². The molecule has 1 N–H and O–H groups in total. The van der Waals surface area contributed by atoms with E-state index in [-0.39, 0.29) is 17.6 Å². The Bertz CT molecular complexity index is 825. The maximum absolute atomic E-state index is 12.6. The van der Waals surface area contributed by atoms with Crippen LogP contribution in [0.25, 0.3) is 0 Å². The molecule has 0 bridgehead atoms. The van der Waals surface area contributed by atoms with Crippen molar-refractivity contribution in [3.8, 4) is 0 Å². The second kappa shape index (κ2) is 5.90. The number of carboxylic acids is 1. The molecule has 3 heteroatoms. The van der Waals surface area contributed by atoms with Gasteiger partial charge in [-0.1, -0.05) is 51.1 Å². The highest BCUT2D eigenvalue weighted by atomic mass is 16.4. The molecule has 3 nitrogen and oxygen atoms in total. The molecule has 1 aliphatic rings. The fourth-order valence-corrected chi connectivity index (χ4v) is 3.22. The predicted octanol–water partition coefficient (Wildman–Crippen LogP) is 3.94. The van der Waals surface area contributed by atoms with Gasteiger partial charge in [0.2, 0.25) is 0 Å². The highest BCUT2D eigenvalue weighted by molar-refractivity contribution is 6.00. The summed E-state index contributed by atoms with van der Waals surface area (Å²) in [4.78, 5) is 23.6. The van der Waals surface area contributed by atoms with Crippen LogP contribution in [-0.4, -0.2) is 16.9 Å². The molecule has 24 heavy (non-hydrogen) atoms. The van der Waals surface area contributed by atoms with Crippen LogP contribution in [0.2, 0.25) is 0 Å². The quantitative estimate of drug-likeness (QED) is 0.911. The third kappa shape index (κ3) is 3.25. The van der Waals surface area contributed by atoms with Crippen molar-refractivity contribution in [2.75, 3.05) is 0 Å². The Morgan fingerprint density at radius 1 is 1.00 bits per heavy atom. The van der Waals surface area contributed by atoms with Crippen molar-refractivity contribution in [2.24, 2.45) is 0 Å². The van der Waals surface area contributed by atoms with Gasteiger partial charge in [-0.3, -0.25) is 9.59 Å². The first-order valence-corrected chi connectivity index (χ1v) is 8.23. The van der Waals surface area contributed by atoms with Gasteiger partial charge in [0, 0.05) is 12.0 Å². The summed E-state index contributed by atoms with van der Waals surface area (Å²) in [6.45, 7) is 6.55. The van der Waals surface area contributed by atoms with E-state index in [2.05, 4.69) is 39.0 Å². The summed E-state index contributed by atoms with van der Waals surface area (Å²) in [6.07, 6.45) is 1.04. The SMILES string of the molecule is CC(C)(C)c1ccc2c(c1)Cc1ccc(CC(=O)O)cc1C(=O)C2. The van der Waals surface area contributed by atoms with Gasteiger partial charge < -0.3 is 5.11 Å². The molecule has 0 heterocycles. The number of carbonyl (C=O) groups excluding carboxylic acids is 1. The number of carboxylic acid groups (broad SMARTS) is 1. The highest BCUT2D eigenvalue weighted by Crippen LogP contribution is 2.30. The van der Waals surface area contributed by atoms with Gasteiger partial charge in [0.15, 0.2) is 5.78 Å². The van der Waals surface area contributed by atoms with Crippen molar-refractivity contribution in [1.82, 2.24) is 0 Å². The van der Waals surface area contributed by atoms with E-state index in [0.29, 0.717) is 24.0 Å². The molecule has 0 saturated heterocycles. The summed E-state index contributed by atoms with van der Waals surface area (Å²) in [6, 6.07) is 11.9. The number of rotatable bonds is 2. The zero-order chi connectivity index (χ0) is 17.5. The molecule has 124 valence electrons. The van der Waals surface area contributed by atoms with Crippen molar-refractivity contribution >= 4 is 11.8 Å². The van der Waals surface area contributed by atoms with Crippen molar-refractivity contribution in [2.45, 2.75) is 45.4 Å². The molecule has 2 aromatic rings. The second-order valence-corrected chi connectivity index (χ2v) is 7.57. The van der Waals surface area contributed by atoms with Gasteiger partial charge in [-0.05, 0) is 45.7 Å². The second-order valence-electron chi connectivity index (χ2n) is 7.57. The number of ketones is 1. The van der Waals surface area contributed by atoms with Crippen LogP contribution in [-0.2, 0) is 29.5 Å². The van der Waals surface area contributed by atoms with Crippen LogP contribution < -0.4 is 0 Å². The molecule has 0 aromatic heterocycles. The largest absolute Gasteiger partial charge is 0.481 e. The third-order valence-corrected chi connectivity index (χ3v) is 4.63. The van der Waals surface area contributed by atoms with Crippen LogP contribution in [0, 0.1) is 0 Å². The minimum Gasteiger partial charge on any atom is -0.481 e. The van der Waals surface area contributed by atoms with E-state index in [1.54, 1.807) is 6.07 Å². The zero-order valence-electron chi connectivity index (χ0n) is 14.3. The summed E-state index contributed by atoms with van der Waals surface area (Å²) >= 11 is 0. The number of hydrogen-bond acceptors (Lipinski definition) is 2. The van der Waals surface area contributed by atoms with E-state index in [4.69, 9.17) is 5.11 Å². The van der Waals surface area contributed by atoms with Gasteiger partial charge in [-0.15, -0.1) is 0 Å². The Balaban J connectivity index is 2.03. The summed E-state index contributed by atoms with van der Waals surface area (Å²) in [5.41, 5.74) is 5.93. The van der Waals surface area contributed by atoms with E-state index >= 15 is 0 Å². The van der Waals surface area contributed by atoms with E-state index in [9.17, 15) is 9.59 Å². The molecule has 0 fully saturated rings. The molecule has 0 amide bonds. The molecule has 0 radical (unpaired) electrons. The topological polar surface area (TPSA) is 54.4 Å². The first-order valence-electron chi connectivity index (χ1n) is 8.23. The van der Waals surface area contributed by atoms with Gasteiger partial charge in [-0.25, -0.2) is 0 Å². The molecular weight excluding hydrogens is 300 g/mol. The lowest BCUT2D eigenvalue weighted by molar-refractivity contribution is -0.136. The van der Waals surface area contributed by atoms with Gasteiger partial charge in [0.05, 0.1) is 6.42 Å². The Morgan fingerprint density at radius 3 is 2.38 bits per heavy atom. The average molecular weight is 322 g/mol. The van der Waals surface area contributed by atoms with Crippen molar-refractivity contribution in [3.05, 3.63) is 69.8 Å². The number of fused-ring (bicyclic) bond motifs is 2. The maximum atomic E-state index is 12.6. The normalized spacial score (nSPS) is 13.9. The minimum atomic E-state index is -0.880. The van der Waals surface area contributed by atoms with Crippen LogP contribution >= 0.6 is 0 Å². The number of aliphatic carboxylic acids is 1. The summed E-state index contributed by atoms with van der Waals surface area (Å²) < 4.78 is 0. The fourth-order valence-electron chi connectivity index (χ4n) is 3.22. The van der Waals surface area contributed by atoms with Gasteiger partial charge in [0.1, 0.15) is 0 Å². The molecule has 1 aliphatic carbocycles. The number of benzene rings is 2. The molecule has 0 aliphatic heterocycles. The lowest BCUT2D eigenvalue weighted by atomic mass is 9.84. The summed E-state index contributed by atoms with van der Waals surface area (Å²) in [5.74, 6) is -0.811. The molecule has 0 saturated carbocycles. The first-order chi connectivity index (χ1) is 11.2. The van der Waals surface area contributed by atoms with Crippen LogP contribution in [0.5, 0.6) is 0 Å². The molecule has 3 rings (SSSR count). The lowest BCUT2D eigenvalue weighted by Gasteiger charge is -2.21. The van der Waals surface area contributed by atoms with Crippen molar-refractivity contribution in [3.63, 3.8) is 0 Å². The molecule has 0 atom stereocenters. The molecular formula is C21H22O3. The van der Waals surface area contributed by atoms with E-state index in [1.807, 2.05) is 12.1 Å². The lowest BCUT2D eigenvalue weighted by Crippen LogP contribution is -2.12. The third-order valence-electron chi connectivity index (χ3n) is 4.63. The van der Waals surface area contributed by atoms with Crippen LogP contribution in [0.3, 0.4) is 0 Å². The summed E-state index contributed by atoms with van der Waals surface area (Å²) in [5, 5.41) is 8.96. The van der Waals surface area contributed by atoms with Gasteiger partial charge >= 0.3 is 5.97 Å². The Hall–Kier alpha value is -2.42. The summed E-state index contributed by atoms with van der Waals surface area (Å²) in [7, 11) is 0. The molecule has 0 spiro atoms. The highest BCUT2D eigenvalue weighted by Gasteiger charge is 2.22. The van der Waals surface area contributed by atoms with Crippen LogP contribution in [0.4, 0.5) is 0 Å². The van der Waals surface area contributed by atoms with Gasteiger partial charge in [0.25, 0.3) is 0 Å². The van der Waals surface area contributed by atoms with E-state index < -0.39 is 5.97 Å². The predicted molar refractivity (Wildman–Crippen MR) is 93.8 cm³/mol.